The average Bonchev–Trinajstić information content (AvgIpc) is 3.12. The van der Waals surface area contributed by atoms with Crippen molar-refractivity contribution in [1.29, 1.82) is 0 Å². The zero-order valence-electron chi connectivity index (χ0n) is 16.3. The molecule has 0 saturated heterocycles. The van der Waals surface area contributed by atoms with Crippen LogP contribution in [0.1, 0.15) is 60.8 Å². The van der Waals surface area contributed by atoms with Crippen molar-refractivity contribution in [3.05, 3.63) is 47.3 Å². The number of nitrogens with zero attached hydrogens (tertiary/aromatic N) is 1. The number of aromatic nitrogens is 1. The molecule has 1 fully saturated rings. The molecule has 3 rings (SSSR count). The summed E-state index contributed by atoms with van der Waals surface area (Å²) in [4.78, 5) is 25.8. The van der Waals surface area contributed by atoms with Gasteiger partial charge in [0.1, 0.15) is 5.76 Å². The molecule has 0 aliphatic heterocycles. The summed E-state index contributed by atoms with van der Waals surface area (Å²) in [5, 5.41) is 6.97. The number of amides is 1. The van der Waals surface area contributed by atoms with Crippen LogP contribution in [-0.4, -0.2) is 29.2 Å². The summed E-state index contributed by atoms with van der Waals surface area (Å²) in [7, 11) is 0. The van der Waals surface area contributed by atoms with Crippen LogP contribution in [0.3, 0.4) is 0 Å². The van der Waals surface area contributed by atoms with Gasteiger partial charge in [0.2, 0.25) is 0 Å². The number of hydrogen-bond acceptors (Lipinski definition) is 6. The molecule has 1 aromatic carbocycles. The van der Waals surface area contributed by atoms with E-state index in [9.17, 15) is 9.59 Å². The smallest absolute Gasteiger partial charge is 0.340 e. The minimum atomic E-state index is -0.828. The van der Waals surface area contributed by atoms with Crippen molar-refractivity contribution < 1.29 is 18.8 Å². The molecule has 1 atom stereocenters. The lowest BCUT2D eigenvalue weighted by Crippen LogP contribution is -2.42. The molecule has 1 aliphatic carbocycles. The molecule has 1 heterocycles. The van der Waals surface area contributed by atoms with Gasteiger partial charge in [0, 0.05) is 22.8 Å². The van der Waals surface area contributed by atoms with E-state index in [1.165, 1.54) is 18.2 Å². The van der Waals surface area contributed by atoms with Crippen LogP contribution in [0.15, 0.2) is 39.8 Å². The Bertz CT molecular complexity index is 814. The van der Waals surface area contributed by atoms with E-state index in [1.54, 1.807) is 19.1 Å². The Balaban J connectivity index is 1.57. The zero-order valence-corrected chi connectivity index (χ0v) is 17.1. The van der Waals surface area contributed by atoms with Gasteiger partial charge in [-0.3, -0.25) is 4.79 Å². The minimum absolute atomic E-state index is 0.191. The van der Waals surface area contributed by atoms with Crippen LogP contribution < -0.4 is 5.32 Å². The number of thioether (sulfide) groups is 1. The van der Waals surface area contributed by atoms with Crippen LogP contribution in [0, 0.1) is 6.92 Å². The Morgan fingerprint density at radius 3 is 2.75 bits per heavy atom. The number of carbonyl (C=O) groups is 2. The molecular formula is C21H26N2O4S. The number of benzene rings is 1. The maximum atomic E-state index is 12.6. The molecule has 150 valence electrons. The van der Waals surface area contributed by atoms with Gasteiger partial charge < -0.3 is 14.6 Å². The van der Waals surface area contributed by atoms with Crippen molar-refractivity contribution in [3.8, 4) is 0 Å². The topological polar surface area (TPSA) is 81.4 Å². The second-order valence-corrected chi connectivity index (χ2v) is 8.12. The first-order chi connectivity index (χ1) is 13.5. The van der Waals surface area contributed by atoms with Crippen LogP contribution in [0.2, 0.25) is 0 Å². The number of rotatable bonds is 7. The molecule has 1 N–H and O–H groups in total. The Morgan fingerprint density at radius 1 is 1.29 bits per heavy atom. The van der Waals surface area contributed by atoms with Crippen molar-refractivity contribution in [3.63, 3.8) is 0 Å². The number of aryl methyl sites for hydroxylation is 1. The third-order valence-corrected chi connectivity index (χ3v) is 5.87. The van der Waals surface area contributed by atoms with E-state index in [1.807, 2.05) is 25.1 Å². The number of hydrogen-bond donors (Lipinski definition) is 1. The van der Waals surface area contributed by atoms with Gasteiger partial charge in [0.15, 0.2) is 6.10 Å². The normalized spacial score (nSPS) is 15.8. The molecule has 6 nitrogen and oxygen atoms in total. The molecule has 1 amide bonds. The lowest BCUT2D eigenvalue weighted by molar-refractivity contribution is -0.130. The summed E-state index contributed by atoms with van der Waals surface area (Å²) in [6, 6.07) is 9.29. The van der Waals surface area contributed by atoms with E-state index in [2.05, 4.69) is 10.5 Å². The first-order valence-electron chi connectivity index (χ1n) is 9.68. The Hall–Kier alpha value is -2.28. The van der Waals surface area contributed by atoms with E-state index >= 15 is 0 Å². The van der Waals surface area contributed by atoms with Crippen LogP contribution in [0.25, 0.3) is 0 Å². The Labute approximate surface area is 169 Å². The quantitative estimate of drug-likeness (QED) is 0.550. The van der Waals surface area contributed by atoms with Gasteiger partial charge in [0.05, 0.1) is 11.3 Å². The SMILES string of the molecule is Cc1cc(CSc2ccccc2C(=O)O[C@H](C)C(=O)NC2CCCCC2)no1. The van der Waals surface area contributed by atoms with Crippen molar-refractivity contribution >= 4 is 23.6 Å². The predicted molar refractivity (Wildman–Crippen MR) is 107 cm³/mol. The molecule has 0 unspecified atom stereocenters. The van der Waals surface area contributed by atoms with Crippen LogP contribution >= 0.6 is 11.8 Å². The maximum absolute atomic E-state index is 12.6. The number of esters is 1. The molecule has 0 radical (unpaired) electrons. The molecule has 0 spiro atoms. The summed E-state index contributed by atoms with van der Waals surface area (Å²) >= 11 is 1.48. The fourth-order valence-corrected chi connectivity index (χ4v) is 4.16. The van der Waals surface area contributed by atoms with E-state index < -0.39 is 12.1 Å². The number of ether oxygens (including phenoxy) is 1. The van der Waals surface area contributed by atoms with Crippen molar-refractivity contribution in [2.75, 3.05) is 0 Å². The first kappa shape index (κ1) is 20.5. The monoisotopic (exact) mass is 402 g/mol. The highest BCUT2D eigenvalue weighted by Gasteiger charge is 2.24. The molecule has 28 heavy (non-hydrogen) atoms. The maximum Gasteiger partial charge on any atom is 0.340 e. The van der Waals surface area contributed by atoms with Crippen LogP contribution in [0.4, 0.5) is 0 Å². The lowest BCUT2D eigenvalue weighted by atomic mass is 9.95. The second kappa shape index (κ2) is 9.78. The molecule has 1 aromatic heterocycles. The van der Waals surface area contributed by atoms with Crippen molar-refractivity contribution in [2.24, 2.45) is 0 Å². The highest BCUT2D eigenvalue weighted by molar-refractivity contribution is 7.98. The summed E-state index contributed by atoms with van der Waals surface area (Å²) in [6.07, 6.45) is 4.65. The number of nitrogens with one attached hydrogen (secondary N) is 1. The van der Waals surface area contributed by atoms with E-state index in [-0.39, 0.29) is 11.9 Å². The summed E-state index contributed by atoms with van der Waals surface area (Å²) < 4.78 is 10.5. The minimum Gasteiger partial charge on any atom is -0.449 e. The average molecular weight is 403 g/mol. The Kier molecular flexibility index (Phi) is 7.14. The molecule has 2 aromatic rings. The van der Waals surface area contributed by atoms with E-state index in [0.717, 1.165) is 42.0 Å². The fourth-order valence-electron chi connectivity index (χ4n) is 3.24. The third-order valence-electron chi connectivity index (χ3n) is 4.76. The molecule has 1 aliphatic rings. The van der Waals surface area contributed by atoms with Gasteiger partial charge in [-0.2, -0.15) is 0 Å². The third kappa shape index (κ3) is 5.61. The molecule has 7 heteroatoms. The van der Waals surface area contributed by atoms with Gasteiger partial charge in [-0.25, -0.2) is 4.79 Å². The molecule has 1 saturated carbocycles. The highest BCUT2D eigenvalue weighted by atomic mass is 32.2. The fraction of sp³-hybridized carbons (Fsp3) is 0.476. The summed E-state index contributed by atoms with van der Waals surface area (Å²) in [6.45, 7) is 3.45. The largest absolute Gasteiger partial charge is 0.449 e. The van der Waals surface area contributed by atoms with Gasteiger partial charge >= 0.3 is 5.97 Å². The van der Waals surface area contributed by atoms with Gasteiger partial charge in [-0.15, -0.1) is 11.8 Å². The highest BCUT2D eigenvalue weighted by Crippen LogP contribution is 2.27. The van der Waals surface area contributed by atoms with E-state index in [4.69, 9.17) is 9.26 Å². The zero-order chi connectivity index (χ0) is 19.9. The summed E-state index contributed by atoms with van der Waals surface area (Å²) in [5.41, 5.74) is 1.26. The molecule has 0 bridgehead atoms. The van der Waals surface area contributed by atoms with Gasteiger partial charge in [0.25, 0.3) is 5.91 Å². The predicted octanol–water partition coefficient (Wildman–Crippen LogP) is 4.27. The Morgan fingerprint density at radius 2 is 2.04 bits per heavy atom. The standard InChI is InChI=1S/C21H26N2O4S/c1-14-12-17(23-27-14)13-28-19-11-7-6-10-18(19)21(25)26-15(2)20(24)22-16-8-4-3-5-9-16/h6-7,10-12,15-16H,3-5,8-9,13H2,1-2H3,(H,22,24)/t15-/m1/s1. The van der Waals surface area contributed by atoms with E-state index in [0.29, 0.717) is 11.3 Å². The van der Waals surface area contributed by atoms with Gasteiger partial charge in [-0.1, -0.05) is 36.6 Å². The summed E-state index contributed by atoms with van der Waals surface area (Å²) in [5.74, 6) is 0.606. The van der Waals surface area contributed by atoms with Gasteiger partial charge in [-0.05, 0) is 38.8 Å². The van der Waals surface area contributed by atoms with Crippen LogP contribution in [0.5, 0.6) is 0 Å². The lowest BCUT2D eigenvalue weighted by Gasteiger charge is -2.24. The number of carbonyl (C=O) groups excluding carboxylic acids is 2. The van der Waals surface area contributed by atoms with Crippen molar-refractivity contribution in [1.82, 2.24) is 10.5 Å². The van der Waals surface area contributed by atoms with Crippen molar-refractivity contribution in [2.45, 2.75) is 68.7 Å². The first-order valence-corrected chi connectivity index (χ1v) is 10.7. The molecular weight excluding hydrogens is 376 g/mol. The second-order valence-electron chi connectivity index (χ2n) is 7.10. The van der Waals surface area contributed by atoms with Crippen LogP contribution in [-0.2, 0) is 15.3 Å².